The first-order chi connectivity index (χ1) is 10.3. The van der Waals surface area contributed by atoms with Gasteiger partial charge in [0.25, 0.3) is 0 Å². The van der Waals surface area contributed by atoms with Crippen LogP contribution in [0.5, 0.6) is 0 Å². The molecule has 1 aromatic carbocycles. The Bertz CT molecular complexity index is 659. The van der Waals surface area contributed by atoms with Crippen molar-refractivity contribution in [1.29, 1.82) is 0 Å². The monoisotopic (exact) mass is 324 g/mol. The standard InChI is InChI=1S/C15H17ClN2O4/c1-4-22-13(19)12-8-15(3,14(20)21)18(17-12)10-6-5-9(2)11(16)7-10/h5-7H,4,8H2,1-3H3,(H,20,21)/t15-/m0/s1. The molecule has 118 valence electrons. The zero-order valence-electron chi connectivity index (χ0n) is 12.6. The molecule has 0 spiro atoms. The second-order valence-corrected chi connectivity index (χ2v) is 5.68. The molecule has 7 heteroatoms. The number of nitrogens with zero attached hydrogens (tertiary/aromatic N) is 2. The Morgan fingerprint density at radius 3 is 2.73 bits per heavy atom. The summed E-state index contributed by atoms with van der Waals surface area (Å²) in [5.41, 5.74) is 0.111. The van der Waals surface area contributed by atoms with Gasteiger partial charge in [0.2, 0.25) is 0 Å². The molecule has 0 bridgehead atoms. The van der Waals surface area contributed by atoms with E-state index in [1.165, 1.54) is 11.9 Å². The van der Waals surface area contributed by atoms with Gasteiger partial charge in [-0.25, -0.2) is 14.6 Å². The maximum atomic E-state index is 11.9. The molecular formula is C15H17ClN2O4. The van der Waals surface area contributed by atoms with Gasteiger partial charge in [0.1, 0.15) is 5.71 Å². The van der Waals surface area contributed by atoms with E-state index in [-0.39, 0.29) is 18.7 Å². The average Bonchev–Trinajstić information content (AvgIpc) is 2.82. The fourth-order valence-corrected chi connectivity index (χ4v) is 2.39. The third-order valence-electron chi connectivity index (χ3n) is 3.57. The van der Waals surface area contributed by atoms with Crippen LogP contribution in [0, 0.1) is 6.92 Å². The normalized spacial score (nSPS) is 20.7. The van der Waals surface area contributed by atoms with E-state index >= 15 is 0 Å². The van der Waals surface area contributed by atoms with Crippen molar-refractivity contribution in [2.45, 2.75) is 32.7 Å². The highest BCUT2D eigenvalue weighted by atomic mass is 35.5. The smallest absolute Gasteiger partial charge is 0.354 e. The molecule has 0 radical (unpaired) electrons. The van der Waals surface area contributed by atoms with Crippen LogP contribution in [0.4, 0.5) is 5.69 Å². The van der Waals surface area contributed by atoms with Crippen molar-refractivity contribution in [3.05, 3.63) is 28.8 Å². The summed E-state index contributed by atoms with van der Waals surface area (Å²) in [6.07, 6.45) is -0.0351. The van der Waals surface area contributed by atoms with E-state index in [1.54, 1.807) is 25.1 Å². The summed E-state index contributed by atoms with van der Waals surface area (Å²) in [5.74, 6) is -1.68. The number of carbonyl (C=O) groups is 2. The number of benzene rings is 1. The van der Waals surface area contributed by atoms with Crippen molar-refractivity contribution in [3.8, 4) is 0 Å². The van der Waals surface area contributed by atoms with E-state index in [1.807, 2.05) is 6.92 Å². The van der Waals surface area contributed by atoms with Crippen molar-refractivity contribution < 1.29 is 19.4 Å². The maximum Gasteiger partial charge on any atom is 0.354 e. The second kappa shape index (κ2) is 5.96. The Morgan fingerprint density at radius 1 is 1.50 bits per heavy atom. The van der Waals surface area contributed by atoms with Crippen LogP contribution in [-0.2, 0) is 14.3 Å². The molecule has 0 aliphatic carbocycles. The number of carboxylic acid groups (broad SMARTS) is 1. The Hall–Kier alpha value is -2.08. The van der Waals surface area contributed by atoms with Crippen molar-refractivity contribution in [2.75, 3.05) is 11.6 Å². The van der Waals surface area contributed by atoms with Gasteiger partial charge in [-0.15, -0.1) is 0 Å². The minimum Gasteiger partial charge on any atom is -0.479 e. The number of hydrogen-bond acceptors (Lipinski definition) is 5. The predicted octanol–water partition coefficient (Wildman–Crippen LogP) is 2.62. The Kier molecular flexibility index (Phi) is 4.42. The largest absolute Gasteiger partial charge is 0.479 e. The third-order valence-corrected chi connectivity index (χ3v) is 3.98. The van der Waals surface area contributed by atoms with Crippen molar-refractivity contribution in [2.24, 2.45) is 5.10 Å². The van der Waals surface area contributed by atoms with Gasteiger partial charge in [0, 0.05) is 11.4 Å². The van der Waals surface area contributed by atoms with Crippen LogP contribution >= 0.6 is 11.6 Å². The van der Waals surface area contributed by atoms with Crippen LogP contribution in [0.15, 0.2) is 23.3 Å². The number of rotatable bonds is 4. The summed E-state index contributed by atoms with van der Waals surface area (Å²) in [6.45, 7) is 5.25. The first-order valence-electron chi connectivity index (χ1n) is 6.84. The summed E-state index contributed by atoms with van der Waals surface area (Å²) in [7, 11) is 0. The molecule has 1 heterocycles. The highest BCUT2D eigenvalue weighted by molar-refractivity contribution is 6.38. The van der Waals surface area contributed by atoms with Crippen LogP contribution < -0.4 is 5.01 Å². The summed E-state index contributed by atoms with van der Waals surface area (Å²) >= 11 is 6.10. The first-order valence-corrected chi connectivity index (χ1v) is 7.21. The number of aliphatic carboxylic acids is 1. The molecule has 0 amide bonds. The molecule has 6 nitrogen and oxygen atoms in total. The van der Waals surface area contributed by atoms with E-state index in [9.17, 15) is 14.7 Å². The van der Waals surface area contributed by atoms with E-state index in [4.69, 9.17) is 16.3 Å². The van der Waals surface area contributed by atoms with Gasteiger partial charge in [0.15, 0.2) is 5.54 Å². The fourth-order valence-electron chi connectivity index (χ4n) is 2.22. The number of carbonyl (C=O) groups excluding carboxylic acids is 1. The molecule has 0 unspecified atom stereocenters. The molecule has 1 atom stereocenters. The summed E-state index contributed by atoms with van der Waals surface area (Å²) in [6, 6.07) is 5.13. The number of hydrazone groups is 1. The SMILES string of the molecule is CCOC(=O)C1=NN(c2ccc(C)c(Cl)c2)[C@](C)(C(=O)O)C1. The molecule has 1 aromatic rings. The highest BCUT2D eigenvalue weighted by Gasteiger charge is 2.48. The van der Waals surface area contributed by atoms with Crippen LogP contribution in [0.1, 0.15) is 25.8 Å². The van der Waals surface area contributed by atoms with Crippen LogP contribution in [0.25, 0.3) is 0 Å². The molecule has 1 N–H and O–H groups in total. The zero-order valence-corrected chi connectivity index (χ0v) is 13.3. The van der Waals surface area contributed by atoms with Crippen molar-refractivity contribution in [3.63, 3.8) is 0 Å². The Balaban J connectivity index is 2.45. The number of aryl methyl sites for hydroxylation is 1. The van der Waals surface area contributed by atoms with Gasteiger partial charge in [-0.2, -0.15) is 5.10 Å². The van der Waals surface area contributed by atoms with E-state index < -0.39 is 17.5 Å². The lowest BCUT2D eigenvalue weighted by Crippen LogP contribution is -2.47. The van der Waals surface area contributed by atoms with E-state index in [0.717, 1.165) is 5.56 Å². The predicted molar refractivity (Wildman–Crippen MR) is 83.4 cm³/mol. The highest BCUT2D eigenvalue weighted by Crippen LogP contribution is 2.35. The lowest BCUT2D eigenvalue weighted by Gasteiger charge is -2.30. The average molecular weight is 325 g/mol. The minimum absolute atomic E-state index is 0.0351. The summed E-state index contributed by atoms with van der Waals surface area (Å²) in [4.78, 5) is 23.5. The molecule has 1 aliphatic heterocycles. The molecule has 0 saturated carbocycles. The molecule has 0 aromatic heterocycles. The lowest BCUT2D eigenvalue weighted by atomic mass is 9.95. The van der Waals surface area contributed by atoms with Crippen molar-refractivity contribution >= 4 is 34.9 Å². The molecule has 1 aliphatic rings. The second-order valence-electron chi connectivity index (χ2n) is 5.27. The number of esters is 1. The van der Waals surface area contributed by atoms with Gasteiger partial charge in [-0.1, -0.05) is 17.7 Å². The fraction of sp³-hybridized carbons (Fsp3) is 0.400. The van der Waals surface area contributed by atoms with E-state index in [2.05, 4.69) is 5.10 Å². The number of halogens is 1. The minimum atomic E-state index is -1.36. The van der Waals surface area contributed by atoms with Crippen LogP contribution in [0.2, 0.25) is 5.02 Å². The van der Waals surface area contributed by atoms with Gasteiger partial charge in [-0.3, -0.25) is 0 Å². The van der Waals surface area contributed by atoms with E-state index in [0.29, 0.717) is 10.7 Å². The quantitative estimate of drug-likeness (QED) is 0.861. The molecule has 2 rings (SSSR count). The van der Waals surface area contributed by atoms with Crippen LogP contribution in [-0.4, -0.2) is 34.9 Å². The molecule has 0 fully saturated rings. The Labute approximate surface area is 133 Å². The maximum absolute atomic E-state index is 11.9. The molecular weight excluding hydrogens is 308 g/mol. The summed E-state index contributed by atoms with van der Waals surface area (Å²) in [5, 5.41) is 15.5. The third kappa shape index (κ3) is 2.78. The van der Waals surface area contributed by atoms with Gasteiger partial charge in [-0.05, 0) is 38.5 Å². The Morgan fingerprint density at radius 2 is 2.18 bits per heavy atom. The molecule has 22 heavy (non-hydrogen) atoms. The molecule has 0 saturated heterocycles. The number of hydrogen-bond donors (Lipinski definition) is 1. The van der Waals surface area contributed by atoms with Crippen molar-refractivity contribution in [1.82, 2.24) is 0 Å². The number of anilines is 1. The van der Waals surface area contributed by atoms with Gasteiger partial charge < -0.3 is 9.84 Å². The van der Waals surface area contributed by atoms with Gasteiger partial charge >= 0.3 is 11.9 Å². The van der Waals surface area contributed by atoms with Crippen LogP contribution in [0.3, 0.4) is 0 Å². The topological polar surface area (TPSA) is 79.2 Å². The lowest BCUT2D eigenvalue weighted by molar-refractivity contribution is -0.142. The zero-order chi connectivity index (χ0) is 16.5. The number of ether oxygens (including phenoxy) is 1. The van der Waals surface area contributed by atoms with Gasteiger partial charge in [0.05, 0.1) is 12.3 Å². The summed E-state index contributed by atoms with van der Waals surface area (Å²) < 4.78 is 4.91. The first kappa shape index (κ1) is 16.3. The number of carboxylic acids is 1.